The molecule has 1 aromatic carbocycles. The van der Waals surface area contributed by atoms with E-state index in [1.807, 2.05) is 24.3 Å². The monoisotopic (exact) mass is 365 g/mol. The fourth-order valence-electron chi connectivity index (χ4n) is 2.88. The van der Waals surface area contributed by atoms with E-state index >= 15 is 0 Å². The molecule has 0 bridgehead atoms. The van der Waals surface area contributed by atoms with Crippen molar-refractivity contribution in [1.29, 1.82) is 0 Å². The summed E-state index contributed by atoms with van der Waals surface area (Å²) in [4.78, 5) is 29.7. The molecule has 3 aromatic rings. The first-order chi connectivity index (χ1) is 13.0. The maximum absolute atomic E-state index is 12.8. The first-order valence-electron chi connectivity index (χ1n) is 8.86. The Hall–Kier alpha value is -3.22. The van der Waals surface area contributed by atoms with Gasteiger partial charge in [0.1, 0.15) is 5.76 Å². The van der Waals surface area contributed by atoms with Gasteiger partial charge < -0.3 is 14.6 Å². The van der Waals surface area contributed by atoms with Crippen molar-refractivity contribution in [3.8, 4) is 0 Å². The lowest BCUT2D eigenvalue weighted by Gasteiger charge is -2.14. The highest BCUT2D eigenvalue weighted by molar-refractivity contribution is 6.05. The van der Waals surface area contributed by atoms with Crippen LogP contribution >= 0.6 is 0 Å². The van der Waals surface area contributed by atoms with Crippen molar-refractivity contribution < 1.29 is 18.8 Å². The van der Waals surface area contributed by atoms with Gasteiger partial charge in [-0.05, 0) is 38.8 Å². The lowest BCUT2D eigenvalue weighted by Crippen LogP contribution is -2.30. The molecule has 0 radical (unpaired) electrons. The van der Waals surface area contributed by atoms with E-state index in [2.05, 4.69) is 15.5 Å². The van der Waals surface area contributed by atoms with Gasteiger partial charge in [0, 0.05) is 23.1 Å². The number of aromatic nitrogens is 2. The molecule has 1 aliphatic carbocycles. The van der Waals surface area contributed by atoms with Gasteiger partial charge in [0.15, 0.2) is 11.9 Å². The minimum Gasteiger partial charge on any atom is -0.449 e. The smallest absolute Gasteiger partial charge is 0.339 e. The zero-order valence-corrected chi connectivity index (χ0v) is 15.1. The van der Waals surface area contributed by atoms with Crippen LogP contribution in [0.1, 0.15) is 47.5 Å². The van der Waals surface area contributed by atoms with Crippen LogP contribution in [0.25, 0.3) is 10.9 Å². The third-order valence-electron chi connectivity index (χ3n) is 4.48. The molecule has 27 heavy (non-hydrogen) atoms. The highest BCUT2D eigenvalue weighted by Gasteiger charge is 2.28. The molecule has 1 atom stereocenters. The van der Waals surface area contributed by atoms with Gasteiger partial charge in [-0.2, -0.15) is 0 Å². The molecule has 1 aliphatic rings. The number of hydrogen-bond acceptors (Lipinski definition) is 6. The third kappa shape index (κ3) is 3.67. The number of para-hydroxylation sites is 1. The van der Waals surface area contributed by atoms with E-state index in [-0.39, 0.29) is 5.82 Å². The van der Waals surface area contributed by atoms with Crippen LogP contribution in [-0.2, 0) is 9.53 Å². The SMILES string of the molecule is Cc1cc(NC(=O)[C@@H](C)OC(=O)c2cc(C3CC3)nc3ccccc23)no1. The summed E-state index contributed by atoms with van der Waals surface area (Å²) in [5.41, 5.74) is 2.08. The Bertz CT molecular complexity index is 1020. The van der Waals surface area contributed by atoms with Gasteiger partial charge in [-0.25, -0.2) is 4.79 Å². The summed E-state index contributed by atoms with van der Waals surface area (Å²) >= 11 is 0. The van der Waals surface area contributed by atoms with Crippen LogP contribution in [0.15, 0.2) is 40.9 Å². The standard InChI is InChI=1S/C20H19N3O4/c1-11-9-18(23-27-11)22-19(24)12(2)26-20(25)15-10-17(13-7-8-13)21-16-6-4-3-5-14(15)16/h3-6,9-10,12-13H,7-8H2,1-2H3,(H,22,23,24)/t12-/m1/s1. The summed E-state index contributed by atoms with van der Waals surface area (Å²) < 4.78 is 10.3. The fourth-order valence-corrected chi connectivity index (χ4v) is 2.88. The van der Waals surface area contributed by atoms with E-state index in [1.54, 1.807) is 19.1 Å². The van der Waals surface area contributed by atoms with E-state index in [0.717, 1.165) is 24.1 Å². The maximum atomic E-state index is 12.8. The predicted molar refractivity (Wildman–Crippen MR) is 98.5 cm³/mol. The minimum atomic E-state index is -0.981. The molecule has 7 nitrogen and oxygen atoms in total. The molecule has 2 heterocycles. The second-order valence-corrected chi connectivity index (χ2v) is 6.75. The molecule has 0 unspecified atom stereocenters. The van der Waals surface area contributed by atoms with Crippen LogP contribution in [-0.4, -0.2) is 28.1 Å². The first kappa shape index (κ1) is 17.2. The second kappa shape index (κ2) is 6.83. The Balaban J connectivity index is 1.54. The number of hydrogen-bond donors (Lipinski definition) is 1. The molecule has 0 aliphatic heterocycles. The Labute approximate surface area is 155 Å². The van der Waals surface area contributed by atoms with Gasteiger partial charge in [-0.3, -0.25) is 9.78 Å². The van der Waals surface area contributed by atoms with Crippen molar-refractivity contribution in [3.05, 3.63) is 53.4 Å². The zero-order chi connectivity index (χ0) is 19.0. The number of nitrogens with one attached hydrogen (secondary N) is 1. The quantitative estimate of drug-likeness (QED) is 0.694. The van der Waals surface area contributed by atoms with Crippen LogP contribution in [0.5, 0.6) is 0 Å². The Morgan fingerprint density at radius 2 is 2.04 bits per heavy atom. The number of fused-ring (bicyclic) bond motifs is 1. The summed E-state index contributed by atoms with van der Waals surface area (Å²) in [6.45, 7) is 3.24. The molecule has 1 N–H and O–H groups in total. The van der Waals surface area contributed by atoms with Crippen LogP contribution in [0.2, 0.25) is 0 Å². The van der Waals surface area contributed by atoms with E-state index < -0.39 is 18.0 Å². The van der Waals surface area contributed by atoms with Crippen molar-refractivity contribution in [2.24, 2.45) is 0 Å². The lowest BCUT2D eigenvalue weighted by molar-refractivity contribution is -0.123. The second-order valence-electron chi connectivity index (χ2n) is 6.75. The van der Waals surface area contributed by atoms with E-state index in [1.165, 1.54) is 6.92 Å². The fraction of sp³-hybridized carbons (Fsp3) is 0.300. The molecule has 7 heteroatoms. The molecule has 1 saturated carbocycles. The van der Waals surface area contributed by atoms with Gasteiger partial charge in [-0.1, -0.05) is 23.4 Å². The number of ether oxygens (including phenoxy) is 1. The summed E-state index contributed by atoms with van der Waals surface area (Å²) in [5.74, 6) is 0.237. The number of rotatable bonds is 5. The van der Waals surface area contributed by atoms with E-state index in [4.69, 9.17) is 9.26 Å². The van der Waals surface area contributed by atoms with Crippen molar-refractivity contribution in [1.82, 2.24) is 10.1 Å². The number of carbonyl (C=O) groups excluding carboxylic acids is 2. The number of benzene rings is 1. The molecule has 138 valence electrons. The van der Waals surface area contributed by atoms with Crippen LogP contribution in [0, 0.1) is 6.92 Å². The van der Waals surface area contributed by atoms with Gasteiger partial charge >= 0.3 is 5.97 Å². The molecule has 0 saturated heterocycles. The topological polar surface area (TPSA) is 94.3 Å². The third-order valence-corrected chi connectivity index (χ3v) is 4.48. The summed E-state index contributed by atoms with van der Waals surface area (Å²) in [7, 11) is 0. The normalized spacial score (nSPS) is 14.7. The molecular weight excluding hydrogens is 346 g/mol. The minimum absolute atomic E-state index is 0.283. The van der Waals surface area contributed by atoms with Crippen LogP contribution in [0.4, 0.5) is 5.82 Å². The van der Waals surface area contributed by atoms with Crippen LogP contribution in [0.3, 0.4) is 0 Å². The lowest BCUT2D eigenvalue weighted by atomic mass is 10.1. The summed E-state index contributed by atoms with van der Waals surface area (Å²) in [5, 5.41) is 6.98. The number of pyridine rings is 1. The van der Waals surface area contributed by atoms with Crippen molar-refractivity contribution >= 4 is 28.6 Å². The Kier molecular flexibility index (Phi) is 4.35. The highest BCUT2D eigenvalue weighted by Crippen LogP contribution is 2.40. The predicted octanol–water partition coefficient (Wildman–Crippen LogP) is 3.59. The average Bonchev–Trinajstić information content (AvgIpc) is 3.43. The Morgan fingerprint density at radius 3 is 2.74 bits per heavy atom. The van der Waals surface area contributed by atoms with E-state index in [9.17, 15) is 9.59 Å². The number of nitrogens with zero attached hydrogens (tertiary/aromatic N) is 2. The van der Waals surface area contributed by atoms with Crippen molar-refractivity contribution in [3.63, 3.8) is 0 Å². The maximum Gasteiger partial charge on any atom is 0.339 e. The number of esters is 1. The summed E-state index contributed by atoms with van der Waals surface area (Å²) in [6, 6.07) is 10.8. The van der Waals surface area contributed by atoms with Gasteiger partial charge in [0.2, 0.25) is 0 Å². The molecule has 2 aromatic heterocycles. The number of amides is 1. The molecule has 1 fully saturated rings. The van der Waals surface area contributed by atoms with Gasteiger partial charge in [0.05, 0.1) is 11.1 Å². The molecule has 1 amide bonds. The largest absolute Gasteiger partial charge is 0.449 e. The van der Waals surface area contributed by atoms with E-state index in [0.29, 0.717) is 22.6 Å². The van der Waals surface area contributed by atoms with Crippen molar-refractivity contribution in [2.75, 3.05) is 5.32 Å². The molecule has 4 rings (SSSR count). The molecule has 0 spiro atoms. The van der Waals surface area contributed by atoms with Gasteiger partial charge in [-0.15, -0.1) is 0 Å². The highest BCUT2D eigenvalue weighted by atomic mass is 16.5. The zero-order valence-electron chi connectivity index (χ0n) is 15.1. The number of carbonyl (C=O) groups is 2. The summed E-state index contributed by atoms with van der Waals surface area (Å²) in [6.07, 6.45) is 1.18. The van der Waals surface area contributed by atoms with Crippen LogP contribution < -0.4 is 5.32 Å². The molecular formula is C20H19N3O4. The van der Waals surface area contributed by atoms with Gasteiger partial charge in [0.25, 0.3) is 5.91 Å². The first-order valence-corrected chi connectivity index (χ1v) is 8.86. The van der Waals surface area contributed by atoms with Crippen molar-refractivity contribution in [2.45, 2.75) is 38.7 Å². The Morgan fingerprint density at radius 1 is 1.26 bits per heavy atom. The number of aryl methyl sites for hydroxylation is 1. The average molecular weight is 365 g/mol. The number of anilines is 1.